The second-order valence-electron chi connectivity index (χ2n) is 8.39. The van der Waals surface area contributed by atoms with Crippen LogP contribution in [0.1, 0.15) is 42.4 Å². The van der Waals surface area contributed by atoms with Crippen LogP contribution < -0.4 is 11.3 Å². The maximum absolute atomic E-state index is 11.2. The Morgan fingerprint density at radius 3 is 2.70 bits per heavy atom. The van der Waals surface area contributed by atoms with Crippen molar-refractivity contribution in [2.75, 3.05) is 6.61 Å². The molecule has 6 nitrogen and oxygen atoms in total. The second kappa shape index (κ2) is 8.40. The summed E-state index contributed by atoms with van der Waals surface area (Å²) in [4.78, 5) is 11.2. The highest BCUT2D eigenvalue weighted by Gasteiger charge is 2.46. The van der Waals surface area contributed by atoms with Crippen molar-refractivity contribution in [1.29, 1.82) is 0 Å². The lowest BCUT2D eigenvalue weighted by molar-refractivity contribution is 0.156. The maximum Gasteiger partial charge on any atom is 0.421 e. The standard InChI is InChI=1S/C24H28N2O4/c25-26-23(29)30-12-10-16-9-11-24(15-17-1-5-20(27)6-2-17)19(13-16)4-3-18-14-21(28)7-8-22(18)24/h1-2,5-8,10,14,19,27-28H,3-4,9,11-13,15,25H2,(H,26,29). The van der Waals surface area contributed by atoms with Crippen molar-refractivity contribution in [3.8, 4) is 11.5 Å². The Morgan fingerprint density at radius 1 is 1.17 bits per heavy atom. The highest BCUT2D eigenvalue weighted by atomic mass is 16.5. The minimum absolute atomic E-state index is 0.00884. The number of rotatable bonds is 4. The predicted molar refractivity (Wildman–Crippen MR) is 114 cm³/mol. The summed E-state index contributed by atoms with van der Waals surface area (Å²) in [5, 5.41) is 19.7. The van der Waals surface area contributed by atoms with Gasteiger partial charge in [0.1, 0.15) is 18.1 Å². The van der Waals surface area contributed by atoms with Crippen molar-refractivity contribution in [1.82, 2.24) is 5.43 Å². The van der Waals surface area contributed by atoms with E-state index in [0.29, 0.717) is 11.7 Å². The molecular weight excluding hydrogens is 380 g/mol. The van der Waals surface area contributed by atoms with Crippen molar-refractivity contribution in [3.63, 3.8) is 0 Å². The smallest absolute Gasteiger partial charge is 0.421 e. The van der Waals surface area contributed by atoms with Gasteiger partial charge < -0.3 is 14.9 Å². The van der Waals surface area contributed by atoms with E-state index in [0.717, 1.165) is 38.5 Å². The number of ether oxygens (including phenoxy) is 1. The minimum atomic E-state index is -0.629. The SMILES string of the molecule is NNC(=O)OCC=C1CCC2(Cc3ccc(O)cc3)c3ccc(O)cc3CCC2C1. The van der Waals surface area contributed by atoms with Crippen LogP contribution in [0.15, 0.2) is 54.1 Å². The first-order chi connectivity index (χ1) is 14.5. The average Bonchev–Trinajstić information content (AvgIpc) is 2.75. The molecule has 2 aliphatic rings. The van der Waals surface area contributed by atoms with Gasteiger partial charge in [0.05, 0.1) is 0 Å². The van der Waals surface area contributed by atoms with E-state index in [-0.39, 0.29) is 17.8 Å². The fourth-order valence-corrected chi connectivity index (χ4v) is 5.31. The zero-order valence-electron chi connectivity index (χ0n) is 16.9. The fraction of sp³-hybridized carbons (Fsp3) is 0.375. The van der Waals surface area contributed by atoms with Gasteiger partial charge in [0, 0.05) is 5.41 Å². The number of hydrogen-bond donors (Lipinski definition) is 4. The molecule has 158 valence electrons. The number of amides is 1. The van der Waals surface area contributed by atoms with Gasteiger partial charge in [-0.05, 0) is 91.5 Å². The lowest BCUT2D eigenvalue weighted by Gasteiger charge is -2.50. The topological polar surface area (TPSA) is 105 Å². The molecule has 1 fully saturated rings. The van der Waals surface area contributed by atoms with Crippen LogP contribution in [0.2, 0.25) is 0 Å². The Kier molecular flexibility index (Phi) is 5.68. The molecule has 6 heteroatoms. The third-order valence-corrected chi connectivity index (χ3v) is 6.73. The zero-order chi connectivity index (χ0) is 21.1. The number of hydrazine groups is 1. The summed E-state index contributed by atoms with van der Waals surface area (Å²) >= 11 is 0. The Balaban J connectivity index is 1.63. The molecule has 2 atom stereocenters. The third-order valence-electron chi connectivity index (χ3n) is 6.73. The van der Waals surface area contributed by atoms with E-state index in [1.54, 1.807) is 18.2 Å². The summed E-state index contributed by atoms with van der Waals surface area (Å²) in [7, 11) is 0. The fourth-order valence-electron chi connectivity index (χ4n) is 5.31. The molecule has 0 heterocycles. The van der Waals surface area contributed by atoms with E-state index in [1.807, 2.05) is 29.7 Å². The number of nitrogens with one attached hydrogen (secondary N) is 1. The van der Waals surface area contributed by atoms with Crippen molar-refractivity contribution in [2.24, 2.45) is 11.8 Å². The molecular formula is C24H28N2O4. The lowest BCUT2D eigenvalue weighted by atomic mass is 9.54. The van der Waals surface area contributed by atoms with Crippen LogP contribution >= 0.6 is 0 Å². The summed E-state index contributed by atoms with van der Waals surface area (Å²) < 4.78 is 5.03. The van der Waals surface area contributed by atoms with Crippen LogP contribution in [0.4, 0.5) is 4.79 Å². The van der Waals surface area contributed by atoms with Crippen molar-refractivity contribution in [3.05, 3.63) is 70.8 Å². The molecule has 2 aromatic carbocycles. The van der Waals surface area contributed by atoms with Gasteiger partial charge in [-0.3, -0.25) is 5.43 Å². The molecule has 5 N–H and O–H groups in total. The number of phenols is 2. The molecule has 0 aromatic heterocycles. The lowest BCUT2D eigenvalue weighted by Crippen LogP contribution is -2.44. The molecule has 2 aliphatic carbocycles. The number of phenolic OH excluding ortho intramolecular Hbond substituents is 2. The van der Waals surface area contributed by atoms with E-state index in [2.05, 4.69) is 6.07 Å². The van der Waals surface area contributed by atoms with E-state index in [1.165, 1.54) is 22.3 Å². The summed E-state index contributed by atoms with van der Waals surface area (Å²) in [6.07, 6.45) is 7.16. The summed E-state index contributed by atoms with van der Waals surface area (Å²) in [5.41, 5.74) is 7.05. The van der Waals surface area contributed by atoms with Crippen LogP contribution in [0.25, 0.3) is 0 Å². The van der Waals surface area contributed by atoms with Gasteiger partial charge in [0.15, 0.2) is 0 Å². The average molecular weight is 408 g/mol. The van der Waals surface area contributed by atoms with Gasteiger partial charge >= 0.3 is 6.09 Å². The van der Waals surface area contributed by atoms with Gasteiger partial charge in [0.25, 0.3) is 0 Å². The Morgan fingerprint density at radius 2 is 1.93 bits per heavy atom. The molecule has 0 radical (unpaired) electrons. The first-order valence-electron chi connectivity index (χ1n) is 10.4. The van der Waals surface area contributed by atoms with Crippen LogP contribution in [-0.4, -0.2) is 22.9 Å². The minimum Gasteiger partial charge on any atom is -0.508 e. The summed E-state index contributed by atoms with van der Waals surface area (Å²) in [6.45, 7) is 0.223. The van der Waals surface area contributed by atoms with Crippen LogP contribution in [0.3, 0.4) is 0 Å². The Hall–Kier alpha value is -2.99. The molecule has 0 saturated heterocycles. The number of carbonyl (C=O) groups is 1. The van der Waals surface area contributed by atoms with Crippen molar-refractivity contribution in [2.45, 2.75) is 43.9 Å². The summed E-state index contributed by atoms with van der Waals surface area (Å²) in [6, 6.07) is 13.3. The molecule has 1 amide bonds. The highest BCUT2D eigenvalue weighted by Crippen LogP contribution is 2.53. The number of carbonyl (C=O) groups excluding carboxylic acids is 1. The van der Waals surface area contributed by atoms with Crippen LogP contribution in [0, 0.1) is 5.92 Å². The number of hydrogen-bond acceptors (Lipinski definition) is 5. The van der Waals surface area contributed by atoms with Gasteiger partial charge in [-0.25, -0.2) is 10.6 Å². The predicted octanol–water partition coefficient (Wildman–Crippen LogP) is 3.85. The number of fused-ring (bicyclic) bond motifs is 3. The first-order valence-corrected chi connectivity index (χ1v) is 10.4. The van der Waals surface area contributed by atoms with E-state index in [9.17, 15) is 15.0 Å². The Labute approximate surface area is 176 Å². The second-order valence-corrected chi connectivity index (χ2v) is 8.39. The largest absolute Gasteiger partial charge is 0.508 e. The molecule has 1 saturated carbocycles. The molecule has 2 unspecified atom stereocenters. The van der Waals surface area contributed by atoms with E-state index < -0.39 is 6.09 Å². The monoisotopic (exact) mass is 408 g/mol. The first kappa shape index (κ1) is 20.3. The third kappa shape index (κ3) is 4.00. The molecule has 0 spiro atoms. The van der Waals surface area contributed by atoms with Gasteiger partial charge in [-0.1, -0.05) is 23.8 Å². The maximum atomic E-state index is 11.2. The number of benzene rings is 2. The van der Waals surface area contributed by atoms with Gasteiger partial charge in [-0.15, -0.1) is 0 Å². The highest BCUT2D eigenvalue weighted by molar-refractivity contribution is 5.66. The molecule has 30 heavy (non-hydrogen) atoms. The quantitative estimate of drug-likeness (QED) is 0.266. The Bertz CT molecular complexity index is 954. The van der Waals surface area contributed by atoms with Crippen LogP contribution in [-0.2, 0) is 23.0 Å². The van der Waals surface area contributed by atoms with Gasteiger partial charge in [0.2, 0.25) is 0 Å². The molecule has 0 bridgehead atoms. The van der Waals surface area contributed by atoms with Crippen molar-refractivity contribution >= 4 is 6.09 Å². The van der Waals surface area contributed by atoms with Crippen LogP contribution in [0.5, 0.6) is 11.5 Å². The number of allylic oxidation sites excluding steroid dienone is 1. The van der Waals surface area contributed by atoms with Gasteiger partial charge in [-0.2, -0.15) is 0 Å². The normalized spacial score (nSPS) is 24.0. The number of nitrogens with two attached hydrogens (primary N) is 1. The molecule has 2 aromatic rings. The molecule has 4 rings (SSSR count). The number of aryl methyl sites for hydroxylation is 1. The summed E-state index contributed by atoms with van der Waals surface area (Å²) in [5.74, 6) is 6.11. The molecule has 0 aliphatic heterocycles. The van der Waals surface area contributed by atoms with E-state index >= 15 is 0 Å². The van der Waals surface area contributed by atoms with Crippen molar-refractivity contribution < 1.29 is 19.7 Å². The zero-order valence-corrected chi connectivity index (χ0v) is 16.9. The van der Waals surface area contributed by atoms with E-state index in [4.69, 9.17) is 10.6 Å². The number of aromatic hydroxyl groups is 2.